The average molecular weight is 316 g/mol. The van der Waals surface area contributed by atoms with Crippen LogP contribution in [0.15, 0.2) is 48.5 Å². The topological polar surface area (TPSA) is 67.4 Å². The molecule has 2 aromatic carbocycles. The first-order valence-electron chi connectivity index (χ1n) is 7.04. The summed E-state index contributed by atoms with van der Waals surface area (Å²) < 4.78 is 18.1. The largest absolute Gasteiger partial charge is 0.484 e. The van der Waals surface area contributed by atoms with Crippen LogP contribution < -0.4 is 15.6 Å². The molecular weight excluding hydrogens is 299 g/mol. The number of hydrazine groups is 1. The van der Waals surface area contributed by atoms with Crippen LogP contribution in [0.25, 0.3) is 0 Å². The van der Waals surface area contributed by atoms with E-state index in [0.717, 1.165) is 5.56 Å². The monoisotopic (exact) mass is 316 g/mol. The van der Waals surface area contributed by atoms with Crippen LogP contribution in [0.4, 0.5) is 4.39 Å². The quantitative estimate of drug-likeness (QED) is 0.828. The van der Waals surface area contributed by atoms with Gasteiger partial charge in [0.25, 0.3) is 5.91 Å². The summed E-state index contributed by atoms with van der Waals surface area (Å²) in [6, 6.07) is 12.9. The highest BCUT2D eigenvalue weighted by molar-refractivity contribution is 5.83. The first-order valence-corrected chi connectivity index (χ1v) is 7.04. The third-order valence-corrected chi connectivity index (χ3v) is 2.98. The lowest BCUT2D eigenvalue weighted by molar-refractivity contribution is -0.129. The molecule has 5 nitrogen and oxygen atoms in total. The van der Waals surface area contributed by atoms with Gasteiger partial charge in [-0.2, -0.15) is 0 Å². The number of carbonyl (C=O) groups is 2. The number of halogens is 1. The summed E-state index contributed by atoms with van der Waals surface area (Å²) in [6.07, 6.45) is 0.0410. The van der Waals surface area contributed by atoms with Gasteiger partial charge in [0.2, 0.25) is 5.91 Å². The van der Waals surface area contributed by atoms with Crippen molar-refractivity contribution < 1.29 is 18.7 Å². The van der Waals surface area contributed by atoms with Crippen molar-refractivity contribution in [2.75, 3.05) is 6.61 Å². The maximum atomic E-state index is 12.8. The number of carbonyl (C=O) groups excluding carboxylic acids is 2. The van der Waals surface area contributed by atoms with Gasteiger partial charge < -0.3 is 4.74 Å². The SMILES string of the molecule is Cc1cccc(OCC(=O)NNC(=O)Cc2ccc(F)cc2)c1. The van der Waals surface area contributed by atoms with Gasteiger partial charge in [-0.15, -0.1) is 0 Å². The molecule has 0 radical (unpaired) electrons. The number of benzene rings is 2. The first kappa shape index (κ1) is 16.5. The Labute approximate surface area is 133 Å². The van der Waals surface area contributed by atoms with E-state index >= 15 is 0 Å². The average Bonchev–Trinajstić information content (AvgIpc) is 2.53. The molecule has 0 heterocycles. The molecule has 0 aliphatic heterocycles. The number of rotatable bonds is 5. The molecule has 0 aliphatic carbocycles. The van der Waals surface area contributed by atoms with Gasteiger partial charge in [-0.25, -0.2) is 4.39 Å². The molecule has 2 N–H and O–H groups in total. The van der Waals surface area contributed by atoms with Gasteiger partial charge in [-0.1, -0.05) is 24.3 Å². The number of ether oxygens (including phenoxy) is 1. The predicted molar refractivity (Wildman–Crippen MR) is 83.1 cm³/mol. The van der Waals surface area contributed by atoms with Crippen LogP contribution in [0.5, 0.6) is 5.75 Å². The summed E-state index contributed by atoms with van der Waals surface area (Å²) in [5.41, 5.74) is 6.21. The van der Waals surface area contributed by atoms with Gasteiger partial charge in [0, 0.05) is 0 Å². The lowest BCUT2D eigenvalue weighted by Crippen LogP contribution is -2.44. The third kappa shape index (κ3) is 5.78. The Hall–Kier alpha value is -2.89. The Bertz CT molecular complexity index is 686. The van der Waals surface area contributed by atoms with Crippen LogP contribution in [-0.2, 0) is 16.0 Å². The van der Waals surface area contributed by atoms with Crippen molar-refractivity contribution >= 4 is 11.8 Å². The minimum absolute atomic E-state index is 0.0410. The molecule has 120 valence electrons. The van der Waals surface area contributed by atoms with Crippen molar-refractivity contribution in [3.05, 3.63) is 65.5 Å². The molecule has 0 unspecified atom stereocenters. The molecule has 0 aromatic heterocycles. The molecule has 0 aliphatic rings. The lowest BCUT2D eigenvalue weighted by atomic mass is 10.1. The van der Waals surface area contributed by atoms with E-state index in [0.29, 0.717) is 11.3 Å². The zero-order valence-electron chi connectivity index (χ0n) is 12.6. The van der Waals surface area contributed by atoms with Crippen LogP contribution in [0.2, 0.25) is 0 Å². The van der Waals surface area contributed by atoms with Crippen molar-refractivity contribution in [2.24, 2.45) is 0 Å². The molecule has 0 fully saturated rings. The second-order valence-electron chi connectivity index (χ2n) is 5.00. The van der Waals surface area contributed by atoms with Crippen LogP contribution in [-0.4, -0.2) is 18.4 Å². The minimum atomic E-state index is -0.473. The standard InChI is InChI=1S/C17H17FN2O3/c1-12-3-2-4-15(9-12)23-11-17(22)20-19-16(21)10-13-5-7-14(18)8-6-13/h2-9H,10-11H2,1H3,(H,19,21)(H,20,22). The van der Waals surface area contributed by atoms with Crippen LogP contribution in [0.1, 0.15) is 11.1 Å². The molecule has 23 heavy (non-hydrogen) atoms. The van der Waals surface area contributed by atoms with Crippen molar-refractivity contribution in [1.29, 1.82) is 0 Å². The number of aryl methyl sites for hydroxylation is 1. The fraction of sp³-hybridized carbons (Fsp3) is 0.176. The number of nitrogens with one attached hydrogen (secondary N) is 2. The van der Waals surface area contributed by atoms with Crippen molar-refractivity contribution in [3.63, 3.8) is 0 Å². The van der Waals surface area contributed by atoms with E-state index in [1.807, 2.05) is 19.1 Å². The maximum Gasteiger partial charge on any atom is 0.276 e. The Morgan fingerprint density at radius 1 is 1.04 bits per heavy atom. The third-order valence-electron chi connectivity index (χ3n) is 2.98. The van der Waals surface area contributed by atoms with Crippen molar-refractivity contribution in [2.45, 2.75) is 13.3 Å². The van der Waals surface area contributed by atoms with Crippen LogP contribution in [0, 0.1) is 12.7 Å². The molecule has 0 atom stereocenters. The molecule has 6 heteroatoms. The summed E-state index contributed by atoms with van der Waals surface area (Å²) in [6.45, 7) is 1.71. The minimum Gasteiger partial charge on any atom is -0.484 e. The van der Waals surface area contributed by atoms with E-state index in [2.05, 4.69) is 10.9 Å². The van der Waals surface area contributed by atoms with Gasteiger partial charge >= 0.3 is 0 Å². The van der Waals surface area contributed by atoms with Crippen LogP contribution >= 0.6 is 0 Å². The van der Waals surface area contributed by atoms with Crippen molar-refractivity contribution in [3.8, 4) is 5.75 Å². The van der Waals surface area contributed by atoms with E-state index in [4.69, 9.17) is 4.74 Å². The van der Waals surface area contributed by atoms with Crippen LogP contribution in [0.3, 0.4) is 0 Å². The van der Waals surface area contributed by atoms with E-state index in [1.165, 1.54) is 24.3 Å². The lowest BCUT2D eigenvalue weighted by Gasteiger charge is -2.09. The smallest absolute Gasteiger partial charge is 0.276 e. The van der Waals surface area contributed by atoms with Gasteiger partial charge in [-0.05, 0) is 42.3 Å². The predicted octanol–water partition coefficient (Wildman–Crippen LogP) is 1.90. The summed E-state index contributed by atoms with van der Waals surface area (Å²) in [4.78, 5) is 23.3. The highest BCUT2D eigenvalue weighted by atomic mass is 19.1. The van der Waals surface area contributed by atoms with Gasteiger partial charge in [-0.3, -0.25) is 20.4 Å². The molecule has 0 saturated heterocycles. The molecule has 2 amide bonds. The van der Waals surface area contributed by atoms with E-state index < -0.39 is 11.8 Å². The Morgan fingerprint density at radius 3 is 2.43 bits per heavy atom. The summed E-state index contributed by atoms with van der Waals surface area (Å²) in [5, 5.41) is 0. The molecular formula is C17H17FN2O3. The summed E-state index contributed by atoms with van der Waals surface area (Å²) in [7, 11) is 0. The Balaban J connectivity index is 1.71. The van der Waals surface area contributed by atoms with Gasteiger partial charge in [0.15, 0.2) is 6.61 Å². The molecule has 0 bridgehead atoms. The highest BCUT2D eigenvalue weighted by Crippen LogP contribution is 2.11. The van der Waals surface area contributed by atoms with Gasteiger partial charge in [0.1, 0.15) is 11.6 Å². The maximum absolute atomic E-state index is 12.8. The second-order valence-corrected chi connectivity index (χ2v) is 5.00. The second kappa shape index (κ2) is 7.93. The summed E-state index contributed by atoms with van der Waals surface area (Å²) >= 11 is 0. The number of hydrogen-bond acceptors (Lipinski definition) is 3. The molecule has 2 aromatic rings. The molecule has 0 spiro atoms. The van der Waals surface area contributed by atoms with E-state index in [1.54, 1.807) is 12.1 Å². The van der Waals surface area contributed by atoms with E-state index in [-0.39, 0.29) is 18.8 Å². The number of hydrogen-bond donors (Lipinski definition) is 2. The Kier molecular flexibility index (Phi) is 5.68. The normalized spacial score (nSPS) is 10.0. The Morgan fingerprint density at radius 2 is 1.74 bits per heavy atom. The van der Waals surface area contributed by atoms with E-state index in [9.17, 15) is 14.0 Å². The molecule has 2 rings (SSSR count). The first-order chi connectivity index (χ1) is 11.0. The number of amides is 2. The zero-order valence-corrected chi connectivity index (χ0v) is 12.6. The fourth-order valence-electron chi connectivity index (χ4n) is 1.86. The zero-order chi connectivity index (χ0) is 16.7. The highest BCUT2D eigenvalue weighted by Gasteiger charge is 2.07. The summed E-state index contributed by atoms with van der Waals surface area (Å²) in [5.74, 6) is -0.659. The molecule has 0 saturated carbocycles. The van der Waals surface area contributed by atoms with Gasteiger partial charge in [0.05, 0.1) is 6.42 Å². The van der Waals surface area contributed by atoms with Crippen molar-refractivity contribution in [1.82, 2.24) is 10.9 Å². The fourth-order valence-corrected chi connectivity index (χ4v) is 1.86.